The van der Waals surface area contributed by atoms with Gasteiger partial charge in [-0.05, 0) is 18.2 Å². The lowest BCUT2D eigenvalue weighted by atomic mass is 10.2. The van der Waals surface area contributed by atoms with Gasteiger partial charge in [0, 0.05) is 20.2 Å². The number of methoxy groups -OCH3 is 2. The van der Waals surface area contributed by atoms with Crippen molar-refractivity contribution < 1.29 is 14.3 Å². The van der Waals surface area contributed by atoms with Crippen LogP contribution in [0, 0.1) is 11.3 Å². The number of anilines is 1. The second-order valence-corrected chi connectivity index (χ2v) is 4.49. The topological polar surface area (TPSA) is 62.6 Å². The molecule has 0 fully saturated rings. The molecule has 1 rings (SSSR count). The molecule has 0 unspecified atom stereocenters. The van der Waals surface area contributed by atoms with E-state index in [-0.39, 0.29) is 12.4 Å². The number of rotatable bonds is 7. The van der Waals surface area contributed by atoms with Crippen molar-refractivity contribution in [3.05, 3.63) is 28.8 Å². The van der Waals surface area contributed by atoms with E-state index < -0.39 is 0 Å². The summed E-state index contributed by atoms with van der Waals surface area (Å²) in [5.74, 6) is -0.280. The summed E-state index contributed by atoms with van der Waals surface area (Å²) < 4.78 is 9.69. The van der Waals surface area contributed by atoms with E-state index in [4.69, 9.17) is 21.6 Å². The van der Waals surface area contributed by atoms with Crippen LogP contribution in [-0.2, 0) is 14.3 Å². The Hall–Kier alpha value is -1.77. The van der Waals surface area contributed by atoms with Gasteiger partial charge in [-0.15, -0.1) is 0 Å². The SMILES string of the molecule is COCCN(CCC(=O)OC)c1ccc(C#N)cc1Cl. The number of halogens is 1. The third kappa shape index (κ3) is 4.72. The van der Waals surface area contributed by atoms with Gasteiger partial charge in [0.1, 0.15) is 0 Å². The van der Waals surface area contributed by atoms with Crippen molar-refractivity contribution in [1.82, 2.24) is 0 Å². The van der Waals surface area contributed by atoms with Crippen LogP contribution >= 0.6 is 11.6 Å². The van der Waals surface area contributed by atoms with Crippen LogP contribution in [0.15, 0.2) is 18.2 Å². The molecule has 0 saturated carbocycles. The predicted octanol–water partition coefficient (Wildman–Crippen LogP) is 2.23. The van der Waals surface area contributed by atoms with Crippen molar-refractivity contribution in [1.29, 1.82) is 5.26 Å². The maximum atomic E-state index is 11.3. The number of hydrogen-bond donors (Lipinski definition) is 0. The van der Waals surface area contributed by atoms with Gasteiger partial charge < -0.3 is 14.4 Å². The van der Waals surface area contributed by atoms with Crippen LogP contribution in [0.2, 0.25) is 5.02 Å². The quantitative estimate of drug-likeness (QED) is 0.722. The summed E-state index contributed by atoms with van der Waals surface area (Å²) in [4.78, 5) is 13.2. The first-order chi connectivity index (χ1) is 9.62. The molecule has 0 heterocycles. The summed E-state index contributed by atoms with van der Waals surface area (Å²) in [6.45, 7) is 1.58. The number of nitriles is 1. The number of hydrogen-bond acceptors (Lipinski definition) is 5. The van der Waals surface area contributed by atoms with Crippen LogP contribution in [0.4, 0.5) is 5.69 Å². The number of ether oxygens (including phenoxy) is 2. The molecule has 0 aliphatic carbocycles. The van der Waals surface area contributed by atoms with Gasteiger partial charge in [0.2, 0.25) is 0 Å². The van der Waals surface area contributed by atoms with Crippen molar-refractivity contribution >= 4 is 23.3 Å². The molecular weight excluding hydrogens is 280 g/mol. The number of esters is 1. The second-order valence-electron chi connectivity index (χ2n) is 4.08. The predicted molar refractivity (Wildman–Crippen MR) is 76.9 cm³/mol. The molecule has 0 atom stereocenters. The van der Waals surface area contributed by atoms with Crippen molar-refractivity contribution in [3.63, 3.8) is 0 Å². The number of nitrogens with zero attached hydrogens (tertiary/aromatic N) is 2. The van der Waals surface area contributed by atoms with Crippen LogP contribution in [0.3, 0.4) is 0 Å². The van der Waals surface area contributed by atoms with Crippen LogP contribution in [0.1, 0.15) is 12.0 Å². The van der Waals surface area contributed by atoms with Gasteiger partial charge in [-0.1, -0.05) is 11.6 Å². The van der Waals surface area contributed by atoms with Crippen LogP contribution in [-0.4, -0.2) is 39.9 Å². The number of benzene rings is 1. The second kappa shape index (κ2) is 8.41. The average molecular weight is 297 g/mol. The Morgan fingerprint density at radius 3 is 2.70 bits per heavy atom. The fraction of sp³-hybridized carbons (Fsp3) is 0.429. The van der Waals surface area contributed by atoms with Crippen molar-refractivity contribution in [3.8, 4) is 6.07 Å². The Morgan fingerprint density at radius 1 is 1.40 bits per heavy atom. The minimum atomic E-state index is -0.280. The largest absolute Gasteiger partial charge is 0.469 e. The lowest BCUT2D eigenvalue weighted by Gasteiger charge is -2.25. The van der Waals surface area contributed by atoms with E-state index in [1.807, 2.05) is 11.0 Å². The molecule has 0 aliphatic heterocycles. The highest BCUT2D eigenvalue weighted by Gasteiger charge is 2.13. The van der Waals surface area contributed by atoms with Gasteiger partial charge in [-0.25, -0.2) is 0 Å². The van der Waals surface area contributed by atoms with Gasteiger partial charge in [-0.2, -0.15) is 5.26 Å². The molecule has 6 heteroatoms. The Bertz CT molecular complexity index is 500. The minimum Gasteiger partial charge on any atom is -0.469 e. The summed E-state index contributed by atoms with van der Waals surface area (Å²) >= 11 is 6.18. The van der Waals surface area contributed by atoms with E-state index in [0.717, 1.165) is 5.69 Å². The van der Waals surface area contributed by atoms with E-state index in [2.05, 4.69) is 4.74 Å². The molecular formula is C14H17ClN2O3. The summed E-state index contributed by atoms with van der Waals surface area (Å²) in [5.41, 5.74) is 1.27. The molecule has 1 aromatic carbocycles. The highest BCUT2D eigenvalue weighted by atomic mass is 35.5. The molecule has 108 valence electrons. The standard InChI is InChI=1S/C14H17ClN2O3/c1-19-8-7-17(6-5-14(18)20-2)13-4-3-11(10-16)9-12(13)15/h3-4,9H,5-8H2,1-2H3. The molecule has 0 aromatic heterocycles. The molecule has 0 radical (unpaired) electrons. The zero-order chi connectivity index (χ0) is 15.0. The normalized spacial score (nSPS) is 9.90. The Morgan fingerprint density at radius 2 is 2.15 bits per heavy atom. The van der Waals surface area contributed by atoms with Gasteiger partial charge in [-0.3, -0.25) is 4.79 Å². The van der Waals surface area contributed by atoms with Crippen LogP contribution in [0.5, 0.6) is 0 Å². The summed E-state index contributed by atoms with van der Waals surface area (Å²) in [5, 5.41) is 9.31. The minimum absolute atomic E-state index is 0.260. The molecule has 0 saturated heterocycles. The van der Waals surface area contributed by atoms with Crippen molar-refractivity contribution in [2.24, 2.45) is 0 Å². The fourth-order valence-electron chi connectivity index (χ4n) is 1.72. The highest BCUT2D eigenvalue weighted by molar-refractivity contribution is 6.33. The van der Waals surface area contributed by atoms with Crippen molar-refractivity contribution in [2.45, 2.75) is 6.42 Å². The highest BCUT2D eigenvalue weighted by Crippen LogP contribution is 2.27. The molecule has 20 heavy (non-hydrogen) atoms. The number of carbonyl (C=O) groups is 1. The molecule has 0 amide bonds. The van der Waals surface area contributed by atoms with E-state index in [9.17, 15) is 4.79 Å². The summed E-state index contributed by atoms with van der Waals surface area (Å²) in [6.07, 6.45) is 0.260. The first kappa shape index (κ1) is 16.3. The van der Waals surface area contributed by atoms with E-state index in [0.29, 0.717) is 30.3 Å². The summed E-state index contributed by atoms with van der Waals surface area (Å²) in [7, 11) is 2.97. The molecule has 0 aliphatic rings. The fourth-order valence-corrected chi connectivity index (χ4v) is 2.02. The monoisotopic (exact) mass is 296 g/mol. The van der Waals surface area contributed by atoms with E-state index >= 15 is 0 Å². The van der Waals surface area contributed by atoms with Crippen LogP contribution < -0.4 is 4.90 Å². The molecule has 0 spiro atoms. The molecule has 1 aromatic rings. The Kier molecular flexibility index (Phi) is 6.85. The zero-order valence-corrected chi connectivity index (χ0v) is 12.3. The van der Waals surface area contributed by atoms with E-state index in [1.165, 1.54) is 7.11 Å². The van der Waals surface area contributed by atoms with Crippen LogP contribution in [0.25, 0.3) is 0 Å². The molecule has 0 bridgehead atoms. The number of carbonyl (C=O) groups excluding carboxylic acids is 1. The molecule has 5 nitrogen and oxygen atoms in total. The third-order valence-electron chi connectivity index (χ3n) is 2.80. The Balaban J connectivity index is 2.86. The van der Waals surface area contributed by atoms with Gasteiger partial charge in [0.25, 0.3) is 0 Å². The maximum absolute atomic E-state index is 11.3. The van der Waals surface area contributed by atoms with Gasteiger partial charge in [0.15, 0.2) is 0 Å². The maximum Gasteiger partial charge on any atom is 0.307 e. The molecule has 0 N–H and O–H groups in total. The van der Waals surface area contributed by atoms with Gasteiger partial charge >= 0.3 is 5.97 Å². The average Bonchev–Trinajstić information content (AvgIpc) is 2.47. The van der Waals surface area contributed by atoms with E-state index in [1.54, 1.807) is 25.3 Å². The van der Waals surface area contributed by atoms with Gasteiger partial charge in [0.05, 0.1) is 42.5 Å². The lowest BCUT2D eigenvalue weighted by Crippen LogP contribution is -2.30. The Labute approximate surface area is 123 Å². The third-order valence-corrected chi connectivity index (χ3v) is 3.10. The summed E-state index contributed by atoms with van der Waals surface area (Å²) in [6, 6.07) is 7.11. The van der Waals surface area contributed by atoms with Crippen molar-refractivity contribution in [2.75, 3.05) is 38.8 Å². The smallest absolute Gasteiger partial charge is 0.307 e. The first-order valence-corrected chi connectivity index (χ1v) is 6.50. The first-order valence-electron chi connectivity index (χ1n) is 6.12. The lowest BCUT2D eigenvalue weighted by molar-refractivity contribution is -0.140. The zero-order valence-electron chi connectivity index (χ0n) is 11.6.